The molecule has 3 nitrogen and oxygen atoms in total. The smallest absolute Gasteiger partial charge is 0.144 e. The molecular weight excluding hydrogens is 246 g/mol. The minimum atomic E-state index is 0.366. The van der Waals surface area contributed by atoms with Crippen molar-refractivity contribution >= 4 is 5.82 Å². The molecule has 0 radical (unpaired) electrons. The molecule has 1 atom stereocenters. The fourth-order valence-electron chi connectivity index (χ4n) is 2.26. The molecule has 0 bridgehead atoms. The molecule has 0 fully saturated rings. The van der Waals surface area contributed by atoms with Gasteiger partial charge in [-0.15, -0.1) is 0 Å². The Morgan fingerprint density at radius 3 is 2.60 bits per heavy atom. The highest BCUT2D eigenvalue weighted by Gasteiger charge is 2.10. The Morgan fingerprint density at radius 1 is 1.25 bits per heavy atom. The van der Waals surface area contributed by atoms with Gasteiger partial charge in [-0.25, -0.2) is 4.98 Å². The van der Waals surface area contributed by atoms with Gasteiger partial charge >= 0.3 is 0 Å². The van der Waals surface area contributed by atoms with E-state index in [1.54, 1.807) is 0 Å². The summed E-state index contributed by atoms with van der Waals surface area (Å²) in [6, 6.07) is 14.5. The number of rotatable bonds is 4. The fraction of sp³-hybridized carbons (Fsp3) is 0.294. The van der Waals surface area contributed by atoms with E-state index in [9.17, 15) is 5.26 Å². The van der Waals surface area contributed by atoms with Gasteiger partial charge < -0.3 is 5.32 Å². The summed E-state index contributed by atoms with van der Waals surface area (Å²) < 4.78 is 0. The number of nitriles is 1. The number of pyridine rings is 1. The summed E-state index contributed by atoms with van der Waals surface area (Å²) in [7, 11) is 0. The highest BCUT2D eigenvalue weighted by Crippen LogP contribution is 2.20. The van der Waals surface area contributed by atoms with E-state index < -0.39 is 0 Å². The molecule has 1 aromatic heterocycles. The van der Waals surface area contributed by atoms with Crippen molar-refractivity contribution in [3.63, 3.8) is 0 Å². The summed E-state index contributed by atoms with van der Waals surface area (Å²) >= 11 is 0. The van der Waals surface area contributed by atoms with E-state index in [1.165, 1.54) is 5.56 Å². The topological polar surface area (TPSA) is 48.7 Å². The van der Waals surface area contributed by atoms with Gasteiger partial charge in [-0.2, -0.15) is 5.26 Å². The molecule has 1 aromatic carbocycles. The number of benzene rings is 1. The van der Waals surface area contributed by atoms with E-state index in [4.69, 9.17) is 0 Å². The average molecular weight is 265 g/mol. The van der Waals surface area contributed by atoms with Crippen LogP contribution in [0.5, 0.6) is 0 Å². The second-order valence-electron chi connectivity index (χ2n) is 5.11. The van der Waals surface area contributed by atoms with Crippen LogP contribution in [0.1, 0.15) is 35.2 Å². The molecule has 0 spiro atoms. The number of hydrogen-bond acceptors (Lipinski definition) is 3. The summed E-state index contributed by atoms with van der Waals surface area (Å²) in [6.07, 6.45) is 0. The van der Waals surface area contributed by atoms with Crippen LogP contribution in [-0.4, -0.2) is 11.5 Å². The summed E-state index contributed by atoms with van der Waals surface area (Å²) in [5.41, 5.74) is 3.81. The SMILES string of the molecule is Cc1cc(C)c(C#N)c(NCC(C)c2ccccc2)n1. The van der Waals surface area contributed by atoms with E-state index in [0.717, 1.165) is 17.8 Å². The van der Waals surface area contributed by atoms with Crippen molar-refractivity contribution in [3.8, 4) is 6.07 Å². The Morgan fingerprint density at radius 2 is 1.95 bits per heavy atom. The molecule has 1 N–H and O–H groups in total. The van der Waals surface area contributed by atoms with Crippen LogP contribution in [-0.2, 0) is 0 Å². The second kappa shape index (κ2) is 6.21. The Labute approximate surface area is 120 Å². The summed E-state index contributed by atoms with van der Waals surface area (Å²) in [4.78, 5) is 4.44. The molecule has 0 saturated carbocycles. The van der Waals surface area contributed by atoms with Gasteiger partial charge in [0.15, 0.2) is 0 Å². The van der Waals surface area contributed by atoms with E-state index in [-0.39, 0.29) is 0 Å². The summed E-state index contributed by atoms with van der Waals surface area (Å²) in [5, 5.41) is 12.6. The lowest BCUT2D eigenvalue weighted by Gasteiger charge is -2.15. The molecule has 20 heavy (non-hydrogen) atoms. The van der Waals surface area contributed by atoms with Crippen molar-refractivity contribution in [2.45, 2.75) is 26.7 Å². The molecular formula is C17H19N3. The van der Waals surface area contributed by atoms with Gasteiger partial charge in [-0.3, -0.25) is 0 Å². The highest BCUT2D eigenvalue weighted by molar-refractivity contribution is 5.56. The van der Waals surface area contributed by atoms with Crippen molar-refractivity contribution in [2.24, 2.45) is 0 Å². The Kier molecular flexibility index (Phi) is 4.37. The molecule has 2 aromatic rings. The van der Waals surface area contributed by atoms with Crippen LogP contribution in [0.3, 0.4) is 0 Å². The van der Waals surface area contributed by atoms with Crippen LogP contribution in [0.2, 0.25) is 0 Å². The first-order valence-electron chi connectivity index (χ1n) is 6.79. The first-order chi connectivity index (χ1) is 9.61. The van der Waals surface area contributed by atoms with Crippen LogP contribution in [0.15, 0.2) is 36.4 Å². The third kappa shape index (κ3) is 3.16. The van der Waals surface area contributed by atoms with Crippen molar-refractivity contribution < 1.29 is 0 Å². The van der Waals surface area contributed by atoms with Gasteiger partial charge in [0.05, 0.1) is 5.56 Å². The third-order valence-corrected chi connectivity index (χ3v) is 3.40. The number of hydrogen-bond donors (Lipinski definition) is 1. The van der Waals surface area contributed by atoms with E-state index in [2.05, 4.69) is 35.4 Å². The summed E-state index contributed by atoms with van der Waals surface area (Å²) in [6.45, 7) is 6.81. The first kappa shape index (κ1) is 14.1. The zero-order valence-corrected chi connectivity index (χ0v) is 12.1. The average Bonchev–Trinajstić information content (AvgIpc) is 2.45. The Hall–Kier alpha value is -2.34. The van der Waals surface area contributed by atoms with Gasteiger partial charge in [-0.1, -0.05) is 37.3 Å². The van der Waals surface area contributed by atoms with Crippen molar-refractivity contribution in [1.82, 2.24) is 4.98 Å². The fourth-order valence-corrected chi connectivity index (χ4v) is 2.26. The van der Waals surface area contributed by atoms with E-state index in [1.807, 2.05) is 38.1 Å². The molecule has 0 aliphatic carbocycles. The molecule has 2 rings (SSSR count). The molecule has 0 aliphatic heterocycles. The molecule has 0 amide bonds. The minimum Gasteiger partial charge on any atom is -0.368 e. The number of nitrogens with one attached hydrogen (secondary N) is 1. The van der Waals surface area contributed by atoms with Crippen LogP contribution in [0.4, 0.5) is 5.82 Å². The van der Waals surface area contributed by atoms with Gasteiger partial charge in [0.25, 0.3) is 0 Å². The van der Waals surface area contributed by atoms with E-state index in [0.29, 0.717) is 17.3 Å². The normalized spacial score (nSPS) is 11.7. The standard InChI is InChI=1S/C17H19N3/c1-12-9-14(3)20-17(16(12)10-18)19-11-13(2)15-7-5-4-6-8-15/h4-9,13H,11H2,1-3H3,(H,19,20). The van der Waals surface area contributed by atoms with Gasteiger partial charge in [0.1, 0.15) is 11.9 Å². The summed E-state index contributed by atoms with van der Waals surface area (Å²) in [5.74, 6) is 1.05. The Bertz CT molecular complexity index is 627. The maximum absolute atomic E-state index is 9.24. The maximum atomic E-state index is 9.24. The zero-order chi connectivity index (χ0) is 14.5. The second-order valence-corrected chi connectivity index (χ2v) is 5.11. The Balaban J connectivity index is 2.14. The number of nitrogens with zero attached hydrogens (tertiary/aromatic N) is 2. The van der Waals surface area contributed by atoms with Crippen LogP contribution in [0, 0.1) is 25.2 Å². The van der Waals surface area contributed by atoms with Gasteiger partial charge in [0.2, 0.25) is 0 Å². The predicted molar refractivity (Wildman–Crippen MR) is 81.8 cm³/mol. The van der Waals surface area contributed by atoms with Crippen molar-refractivity contribution in [3.05, 3.63) is 58.8 Å². The number of aromatic nitrogens is 1. The third-order valence-electron chi connectivity index (χ3n) is 3.40. The number of anilines is 1. The van der Waals surface area contributed by atoms with Crippen LogP contribution >= 0.6 is 0 Å². The lowest BCUT2D eigenvalue weighted by molar-refractivity contribution is 0.800. The van der Waals surface area contributed by atoms with Gasteiger partial charge in [-0.05, 0) is 37.0 Å². The highest BCUT2D eigenvalue weighted by atomic mass is 15.0. The lowest BCUT2D eigenvalue weighted by Crippen LogP contribution is -2.12. The molecule has 3 heteroatoms. The maximum Gasteiger partial charge on any atom is 0.144 e. The first-order valence-corrected chi connectivity index (χ1v) is 6.79. The minimum absolute atomic E-state index is 0.366. The molecule has 1 heterocycles. The van der Waals surface area contributed by atoms with Gasteiger partial charge in [0, 0.05) is 12.2 Å². The van der Waals surface area contributed by atoms with Crippen molar-refractivity contribution in [1.29, 1.82) is 5.26 Å². The molecule has 0 saturated heterocycles. The number of aryl methyl sites for hydroxylation is 2. The molecule has 0 aliphatic rings. The molecule has 1 unspecified atom stereocenters. The quantitative estimate of drug-likeness (QED) is 0.915. The zero-order valence-electron chi connectivity index (χ0n) is 12.1. The monoisotopic (exact) mass is 265 g/mol. The van der Waals surface area contributed by atoms with Crippen LogP contribution in [0.25, 0.3) is 0 Å². The molecule has 102 valence electrons. The van der Waals surface area contributed by atoms with E-state index >= 15 is 0 Å². The van der Waals surface area contributed by atoms with Crippen molar-refractivity contribution in [2.75, 3.05) is 11.9 Å². The lowest BCUT2D eigenvalue weighted by atomic mass is 10.0. The predicted octanol–water partition coefficient (Wildman–Crippen LogP) is 3.79. The van der Waals surface area contributed by atoms with Crippen LogP contribution < -0.4 is 5.32 Å². The largest absolute Gasteiger partial charge is 0.368 e.